The molecular weight excluding hydrogens is 273 g/mol. The van der Waals surface area contributed by atoms with Crippen molar-refractivity contribution in [1.82, 2.24) is 5.32 Å². The molecule has 21 heavy (non-hydrogen) atoms. The molecule has 0 bridgehead atoms. The average Bonchev–Trinajstić information content (AvgIpc) is 2.41. The van der Waals surface area contributed by atoms with Crippen LogP contribution in [0.25, 0.3) is 0 Å². The molecule has 1 aromatic rings. The number of carbonyl (C=O) groups is 1. The molecule has 1 amide bonds. The molecule has 0 heterocycles. The molecule has 0 spiro atoms. The van der Waals surface area contributed by atoms with Gasteiger partial charge in [-0.3, -0.25) is 4.79 Å². The lowest BCUT2D eigenvalue weighted by Gasteiger charge is -2.27. The fourth-order valence-electron chi connectivity index (χ4n) is 1.55. The van der Waals surface area contributed by atoms with Crippen LogP contribution in [0.1, 0.15) is 33.6 Å². The van der Waals surface area contributed by atoms with Gasteiger partial charge in [-0.1, -0.05) is 19.9 Å². The topological polar surface area (TPSA) is 58.6 Å². The van der Waals surface area contributed by atoms with E-state index in [0.717, 1.165) is 0 Å². The highest BCUT2D eigenvalue weighted by Gasteiger charge is 2.25. The minimum absolute atomic E-state index is 0.0640. The standard InChI is InChI=1S/C16H24FNO3/c1-12(2)16(3,20)11-18-15(19)8-5-9-21-14-7-4-6-13(17)10-14/h4,6-7,10,12,20H,5,8-9,11H2,1-3H3,(H,18,19). The molecular formula is C16H24FNO3. The minimum Gasteiger partial charge on any atom is -0.493 e. The van der Waals surface area contributed by atoms with E-state index in [-0.39, 0.29) is 24.2 Å². The minimum atomic E-state index is -0.909. The van der Waals surface area contributed by atoms with Crippen LogP contribution in [-0.4, -0.2) is 29.8 Å². The van der Waals surface area contributed by atoms with Crippen LogP contribution < -0.4 is 10.1 Å². The smallest absolute Gasteiger partial charge is 0.220 e. The van der Waals surface area contributed by atoms with E-state index >= 15 is 0 Å². The van der Waals surface area contributed by atoms with Crippen LogP contribution in [0.4, 0.5) is 4.39 Å². The molecule has 1 unspecified atom stereocenters. The van der Waals surface area contributed by atoms with Crippen molar-refractivity contribution in [3.8, 4) is 5.75 Å². The molecule has 118 valence electrons. The fourth-order valence-corrected chi connectivity index (χ4v) is 1.55. The molecule has 0 aromatic heterocycles. The van der Waals surface area contributed by atoms with Gasteiger partial charge in [-0.05, 0) is 31.4 Å². The Hall–Kier alpha value is -1.62. The van der Waals surface area contributed by atoms with E-state index in [2.05, 4.69) is 5.32 Å². The van der Waals surface area contributed by atoms with Gasteiger partial charge in [0.1, 0.15) is 11.6 Å². The number of amides is 1. The van der Waals surface area contributed by atoms with Gasteiger partial charge < -0.3 is 15.2 Å². The maximum atomic E-state index is 12.9. The number of ether oxygens (including phenoxy) is 1. The Morgan fingerprint density at radius 2 is 2.19 bits per heavy atom. The van der Waals surface area contributed by atoms with Crippen molar-refractivity contribution in [2.24, 2.45) is 5.92 Å². The first kappa shape index (κ1) is 17.4. The lowest BCUT2D eigenvalue weighted by molar-refractivity contribution is -0.122. The van der Waals surface area contributed by atoms with Crippen molar-refractivity contribution in [3.05, 3.63) is 30.1 Å². The summed E-state index contributed by atoms with van der Waals surface area (Å²) < 4.78 is 18.3. The van der Waals surface area contributed by atoms with E-state index in [4.69, 9.17) is 4.74 Å². The summed E-state index contributed by atoms with van der Waals surface area (Å²) in [5.74, 6) is 0.0483. The summed E-state index contributed by atoms with van der Waals surface area (Å²) in [6, 6.07) is 5.90. The molecule has 4 nitrogen and oxygen atoms in total. The third-order valence-corrected chi connectivity index (χ3v) is 3.50. The van der Waals surface area contributed by atoms with E-state index in [0.29, 0.717) is 25.2 Å². The summed E-state index contributed by atoms with van der Waals surface area (Å²) in [4.78, 5) is 11.6. The number of nitrogens with one attached hydrogen (secondary N) is 1. The molecule has 5 heteroatoms. The third-order valence-electron chi connectivity index (χ3n) is 3.50. The fraction of sp³-hybridized carbons (Fsp3) is 0.562. The summed E-state index contributed by atoms with van der Waals surface area (Å²) in [7, 11) is 0. The average molecular weight is 297 g/mol. The Kier molecular flexibility index (Phi) is 6.62. The number of rotatable bonds is 8. The van der Waals surface area contributed by atoms with Crippen LogP contribution in [0.2, 0.25) is 0 Å². The molecule has 0 aliphatic rings. The van der Waals surface area contributed by atoms with Gasteiger partial charge in [0.15, 0.2) is 0 Å². The van der Waals surface area contributed by atoms with Gasteiger partial charge in [-0.15, -0.1) is 0 Å². The number of hydrogen-bond acceptors (Lipinski definition) is 3. The number of hydrogen-bond donors (Lipinski definition) is 2. The van der Waals surface area contributed by atoms with E-state index < -0.39 is 5.60 Å². The van der Waals surface area contributed by atoms with Gasteiger partial charge in [-0.2, -0.15) is 0 Å². The summed E-state index contributed by atoms with van der Waals surface area (Å²) in [6.45, 7) is 6.08. The van der Waals surface area contributed by atoms with Crippen molar-refractivity contribution >= 4 is 5.91 Å². The number of carbonyl (C=O) groups excluding carboxylic acids is 1. The van der Waals surface area contributed by atoms with Gasteiger partial charge in [0.05, 0.1) is 12.2 Å². The van der Waals surface area contributed by atoms with E-state index in [1.54, 1.807) is 19.1 Å². The quantitative estimate of drug-likeness (QED) is 0.725. The second kappa shape index (κ2) is 7.98. The van der Waals surface area contributed by atoms with Crippen molar-refractivity contribution in [2.45, 2.75) is 39.2 Å². The van der Waals surface area contributed by atoms with Crippen LogP contribution in [-0.2, 0) is 4.79 Å². The molecule has 0 saturated heterocycles. The van der Waals surface area contributed by atoms with Gasteiger partial charge in [-0.25, -0.2) is 4.39 Å². The second-order valence-corrected chi connectivity index (χ2v) is 5.70. The maximum Gasteiger partial charge on any atom is 0.220 e. The van der Waals surface area contributed by atoms with Crippen molar-refractivity contribution in [1.29, 1.82) is 0 Å². The Bertz CT molecular complexity index is 461. The summed E-state index contributed by atoms with van der Waals surface area (Å²) in [5.41, 5.74) is -0.909. The third kappa shape index (κ3) is 6.58. The summed E-state index contributed by atoms with van der Waals surface area (Å²) in [5, 5.41) is 12.7. The predicted octanol–water partition coefficient (Wildman–Crippen LogP) is 2.51. The second-order valence-electron chi connectivity index (χ2n) is 5.70. The highest BCUT2D eigenvalue weighted by molar-refractivity contribution is 5.75. The van der Waals surface area contributed by atoms with Gasteiger partial charge in [0, 0.05) is 19.0 Å². The monoisotopic (exact) mass is 297 g/mol. The predicted molar refractivity (Wildman–Crippen MR) is 79.6 cm³/mol. The van der Waals surface area contributed by atoms with Crippen LogP contribution >= 0.6 is 0 Å². The Morgan fingerprint density at radius 3 is 2.81 bits per heavy atom. The van der Waals surface area contributed by atoms with Crippen LogP contribution in [0, 0.1) is 11.7 Å². The lowest BCUT2D eigenvalue weighted by atomic mass is 9.92. The molecule has 0 radical (unpaired) electrons. The highest BCUT2D eigenvalue weighted by atomic mass is 19.1. The van der Waals surface area contributed by atoms with E-state index in [1.807, 2.05) is 13.8 Å². The summed E-state index contributed by atoms with van der Waals surface area (Å²) in [6.07, 6.45) is 0.843. The Balaban J connectivity index is 2.19. The van der Waals surface area contributed by atoms with Crippen molar-refractivity contribution < 1.29 is 19.0 Å². The van der Waals surface area contributed by atoms with E-state index in [9.17, 15) is 14.3 Å². The first-order valence-corrected chi connectivity index (χ1v) is 7.18. The Labute approximate surface area is 125 Å². The largest absolute Gasteiger partial charge is 0.493 e. The van der Waals surface area contributed by atoms with Crippen LogP contribution in [0.3, 0.4) is 0 Å². The molecule has 2 N–H and O–H groups in total. The van der Waals surface area contributed by atoms with Gasteiger partial charge >= 0.3 is 0 Å². The molecule has 1 atom stereocenters. The number of aliphatic hydroxyl groups is 1. The van der Waals surface area contributed by atoms with Crippen molar-refractivity contribution in [2.75, 3.05) is 13.2 Å². The van der Waals surface area contributed by atoms with Gasteiger partial charge in [0.25, 0.3) is 0 Å². The van der Waals surface area contributed by atoms with Crippen molar-refractivity contribution in [3.63, 3.8) is 0 Å². The normalized spacial score (nSPS) is 13.8. The number of benzene rings is 1. The zero-order chi connectivity index (χ0) is 15.9. The Morgan fingerprint density at radius 1 is 1.48 bits per heavy atom. The SMILES string of the molecule is CC(C)C(C)(O)CNC(=O)CCCOc1cccc(F)c1. The zero-order valence-corrected chi connectivity index (χ0v) is 12.9. The van der Waals surface area contributed by atoms with E-state index in [1.165, 1.54) is 12.1 Å². The molecule has 1 aromatic carbocycles. The summed E-state index contributed by atoms with van der Waals surface area (Å²) >= 11 is 0. The maximum absolute atomic E-state index is 12.9. The molecule has 0 saturated carbocycles. The molecule has 1 rings (SSSR count). The van der Waals surface area contributed by atoms with Crippen LogP contribution in [0.5, 0.6) is 5.75 Å². The van der Waals surface area contributed by atoms with Crippen LogP contribution in [0.15, 0.2) is 24.3 Å². The number of halogens is 1. The molecule has 0 aliphatic carbocycles. The first-order valence-electron chi connectivity index (χ1n) is 7.18. The molecule has 0 fully saturated rings. The van der Waals surface area contributed by atoms with Gasteiger partial charge in [0.2, 0.25) is 5.91 Å². The molecule has 0 aliphatic heterocycles. The lowest BCUT2D eigenvalue weighted by Crippen LogP contribution is -2.44. The first-order chi connectivity index (χ1) is 9.81. The zero-order valence-electron chi connectivity index (χ0n) is 12.9. The highest BCUT2D eigenvalue weighted by Crippen LogP contribution is 2.14.